The zero-order chi connectivity index (χ0) is 16.5. The summed E-state index contributed by atoms with van der Waals surface area (Å²) in [6.45, 7) is 10.5. The number of rotatable bonds is 12. The van der Waals surface area contributed by atoms with Crippen molar-refractivity contribution in [2.24, 2.45) is 0 Å². The van der Waals surface area contributed by atoms with Gasteiger partial charge in [0.2, 0.25) is 0 Å². The molecule has 0 amide bonds. The van der Waals surface area contributed by atoms with E-state index in [4.69, 9.17) is 9.47 Å². The van der Waals surface area contributed by atoms with E-state index in [9.17, 15) is 9.90 Å². The third-order valence-electron chi connectivity index (χ3n) is 3.57. The Kier molecular flexibility index (Phi) is 9.77. The summed E-state index contributed by atoms with van der Waals surface area (Å²) in [5.41, 5.74) is -0.939. The average molecular weight is 304 g/mol. The van der Waals surface area contributed by atoms with E-state index in [-0.39, 0.29) is 12.1 Å². The highest BCUT2D eigenvalue weighted by molar-refractivity contribution is 5.78. The quantitative estimate of drug-likeness (QED) is 0.564. The lowest BCUT2D eigenvalue weighted by atomic mass is 9.92. The van der Waals surface area contributed by atoms with Crippen molar-refractivity contribution in [3.8, 4) is 0 Å². The molecule has 0 aromatic rings. The molecule has 126 valence electrons. The van der Waals surface area contributed by atoms with Crippen LogP contribution in [0.2, 0.25) is 0 Å². The molecule has 0 bridgehead atoms. The molecule has 0 aromatic heterocycles. The average Bonchev–Trinajstić information content (AvgIpc) is 2.37. The Bertz CT molecular complexity index is 291. The van der Waals surface area contributed by atoms with Crippen LogP contribution in [0.3, 0.4) is 0 Å². The van der Waals surface area contributed by atoms with Gasteiger partial charge in [-0.25, -0.2) is 0 Å². The number of aliphatic carboxylic acids is 1. The molecular weight excluding hydrogens is 272 g/mol. The number of carboxylic acids is 1. The molecule has 0 fully saturated rings. The molecule has 21 heavy (non-hydrogen) atoms. The summed E-state index contributed by atoms with van der Waals surface area (Å²) in [6.07, 6.45) is 0.522. The minimum absolute atomic E-state index is 0.114. The summed E-state index contributed by atoms with van der Waals surface area (Å²) in [6, 6.07) is 0.229. The van der Waals surface area contributed by atoms with E-state index >= 15 is 0 Å². The lowest BCUT2D eigenvalue weighted by molar-refractivity contribution is -0.145. The monoisotopic (exact) mass is 304 g/mol. The molecule has 0 radical (unpaired) electrons. The zero-order valence-electron chi connectivity index (χ0n) is 14.3. The topological polar surface area (TPSA) is 71.0 Å². The molecule has 0 saturated carbocycles. The maximum absolute atomic E-state index is 11.6. The van der Waals surface area contributed by atoms with Crippen molar-refractivity contribution in [1.29, 1.82) is 0 Å². The van der Waals surface area contributed by atoms with Crippen LogP contribution in [0.4, 0.5) is 0 Å². The Morgan fingerprint density at radius 2 is 1.67 bits per heavy atom. The lowest BCUT2D eigenvalue weighted by Crippen LogP contribution is -2.56. The Morgan fingerprint density at radius 1 is 1.19 bits per heavy atom. The molecule has 0 aliphatic heterocycles. The highest BCUT2D eigenvalue weighted by Gasteiger charge is 2.36. The smallest absolute Gasteiger partial charge is 0.323 e. The highest BCUT2D eigenvalue weighted by atomic mass is 16.5. The van der Waals surface area contributed by atoms with Crippen LogP contribution in [0.15, 0.2) is 0 Å². The van der Waals surface area contributed by atoms with Crippen LogP contribution in [0.1, 0.15) is 34.1 Å². The first-order chi connectivity index (χ1) is 9.76. The van der Waals surface area contributed by atoms with Crippen LogP contribution in [-0.2, 0) is 14.3 Å². The predicted octanol–water partition coefficient (Wildman–Crippen LogP) is 1.20. The number of ether oxygens (including phenoxy) is 2. The standard InChI is InChI=1S/C15H32N2O4/c1-12(2)16-15(4,14(18)19)11-13(3)17(7-9-20-5)8-10-21-6/h12-13,16H,7-11H2,1-6H3,(H,18,19). The molecule has 2 N–H and O–H groups in total. The van der Waals surface area contributed by atoms with Gasteiger partial charge < -0.3 is 14.6 Å². The second-order valence-corrected chi connectivity index (χ2v) is 6.01. The van der Waals surface area contributed by atoms with E-state index in [2.05, 4.69) is 17.1 Å². The second-order valence-electron chi connectivity index (χ2n) is 6.01. The summed E-state index contributed by atoms with van der Waals surface area (Å²) >= 11 is 0. The fourth-order valence-electron chi connectivity index (χ4n) is 2.53. The van der Waals surface area contributed by atoms with E-state index in [1.165, 1.54) is 0 Å². The summed E-state index contributed by atoms with van der Waals surface area (Å²) in [4.78, 5) is 13.8. The molecule has 0 heterocycles. The minimum Gasteiger partial charge on any atom is -0.480 e. The maximum Gasteiger partial charge on any atom is 0.323 e. The van der Waals surface area contributed by atoms with Crippen LogP contribution in [0.25, 0.3) is 0 Å². The van der Waals surface area contributed by atoms with Gasteiger partial charge in [0.05, 0.1) is 13.2 Å². The molecule has 0 spiro atoms. The minimum atomic E-state index is -0.939. The van der Waals surface area contributed by atoms with Gasteiger partial charge in [-0.2, -0.15) is 0 Å². The number of nitrogens with one attached hydrogen (secondary N) is 1. The molecule has 2 unspecified atom stereocenters. The van der Waals surface area contributed by atoms with Gasteiger partial charge in [-0.3, -0.25) is 15.0 Å². The van der Waals surface area contributed by atoms with Gasteiger partial charge >= 0.3 is 5.97 Å². The molecule has 0 saturated heterocycles. The molecule has 2 atom stereocenters. The van der Waals surface area contributed by atoms with Gasteiger partial charge in [0.25, 0.3) is 0 Å². The molecule has 0 aliphatic rings. The van der Waals surface area contributed by atoms with E-state index in [1.807, 2.05) is 13.8 Å². The first-order valence-corrected chi connectivity index (χ1v) is 7.49. The number of methoxy groups -OCH3 is 2. The summed E-state index contributed by atoms with van der Waals surface area (Å²) in [5, 5.41) is 12.7. The van der Waals surface area contributed by atoms with E-state index < -0.39 is 11.5 Å². The van der Waals surface area contributed by atoms with Gasteiger partial charge in [-0.15, -0.1) is 0 Å². The van der Waals surface area contributed by atoms with Crippen molar-refractivity contribution in [1.82, 2.24) is 10.2 Å². The molecule has 0 aliphatic carbocycles. The van der Waals surface area contributed by atoms with Gasteiger partial charge in [0, 0.05) is 39.4 Å². The van der Waals surface area contributed by atoms with Gasteiger partial charge in [-0.05, 0) is 34.1 Å². The first kappa shape index (κ1) is 20.3. The van der Waals surface area contributed by atoms with Crippen molar-refractivity contribution >= 4 is 5.97 Å². The molecule has 6 nitrogen and oxygen atoms in total. The SMILES string of the molecule is COCCN(CCOC)C(C)CC(C)(NC(C)C)C(=O)O. The normalized spacial score (nSPS) is 16.2. The van der Waals surface area contributed by atoms with Gasteiger partial charge in [-0.1, -0.05) is 0 Å². The molecule has 0 aromatic carbocycles. The van der Waals surface area contributed by atoms with E-state index in [0.717, 1.165) is 13.1 Å². The fourth-order valence-corrected chi connectivity index (χ4v) is 2.53. The third kappa shape index (κ3) is 7.76. The Labute approximate surface area is 128 Å². The predicted molar refractivity (Wildman–Crippen MR) is 83.7 cm³/mol. The van der Waals surface area contributed by atoms with Crippen molar-refractivity contribution in [3.05, 3.63) is 0 Å². The highest BCUT2D eigenvalue weighted by Crippen LogP contribution is 2.18. The largest absolute Gasteiger partial charge is 0.480 e. The Morgan fingerprint density at radius 3 is 2.00 bits per heavy atom. The van der Waals surface area contributed by atoms with Gasteiger partial charge in [0.15, 0.2) is 0 Å². The summed E-state index contributed by atoms with van der Waals surface area (Å²) in [5.74, 6) is -0.818. The number of nitrogens with zero attached hydrogens (tertiary/aromatic N) is 1. The number of carbonyl (C=O) groups is 1. The third-order valence-corrected chi connectivity index (χ3v) is 3.57. The fraction of sp³-hybridized carbons (Fsp3) is 0.933. The van der Waals surface area contributed by atoms with Crippen molar-refractivity contribution in [2.75, 3.05) is 40.5 Å². The van der Waals surface area contributed by atoms with Crippen molar-refractivity contribution in [2.45, 2.75) is 51.7 Å². The first-order valence-electron chi connectivity index (χ1n) is 7.49. The van der Waals surface area contributed by atoms with Crippen molar-refractivity contribution in [3.63, 3.8) is 0 Å². The number of hydrogen-bond donors (Lipinski definition) is 2. The summed E-state index contributed by atoms with van der Waals surface area (Å²) in [7, 11) is 3.34. The van der Waals surface area contributed by atoms with Crippen LogP contribution in [0, 0.1) is 0 Å². The van der Waals surface area contributed by atoms with Crippen LogP contribution in [-0.4, -0.2) is 74.1 Å². The Hall–Kier alpha value is -0.690. The van der Waals surface area contributed by atoms with Crippen LogP contribution in [0.5, 0.6) is 0 Å². The summed E-state index contributed by atoms with van der Waals surface area (Å²) < 4.78 is 10.3. The molecule has 6 heteroatoms. The molecular formula is C15H32N2O4. The zero-order valence-corrected chi connectivity index (χ0v) is 14.3. The number of carboxylic acid groups (broad SMARTS) is 1. The number of hydrogen-bond acceptors (Lipinski definition) is 5. The lowest BCUT2D eigenvalue weighted by Gasteiger charge is -2.36. The van der Waals surface area contributed by atoms with Crippen molar-refractivity contribution < 1.29 is 19.4 Å². The van der Waals surface area contributed by atoms with Crippen LogP contribution < -0.4 is 5.32 Å². The van der Waals surface area contributed by atoms with E-state index in [0.29, 0.717) is 19.6 Å². The Balaban J connectivity index is 4.79. The second kappa shape index (κ2) is 10.1. The molecule has 0 rings (SSSR count). The van der Waals surface area contributed by atoms with Crippen LogP contribution >= 0.6 is 0 Å². The van der Waals surface area contributed by atoms with E-state index in [1.54, 1.807) is 21.1 Å². The maximum atomic E-state index is 11.6. The van der Waals surface area contributed by atoms with Gasteiger partial charge in [0.1, 0.15) is 5.54 Å².